The molecule has 0 aliphatic rings. The van der Waals surface area contributed by atoms with Gasteiger partial charge < -0.3 is 20.3 Å². The Morgan fingerprint density at radius 3 is 2.79 bits per heavy atom. The minimum atomic E-state index is -0.719. The predicted molar refractivity (Wildman–Crippen MR) is 76.4 cm³/mol. The summed E-state index contributed by atoms with van der Waals surface area (Å²) < 4.78 is 5.12. The van der Waals surface area contributed by atoms with E-state index in [-0.39, 0.29) is 0 Å². The minimum Gasteiger partial charge on any atom is -0.497 e. The molecule has 0 aromatic heterocycles. The van der Waals surface area contributed by atoms with Crippen LogP contribution in [0.25, 0.3) is 0 Å². The summed E-state index contributed by atoms with van der Waals surface area (Å²) in [5.74, 6) is 0.731. The van der Waals surface area contributed by atoms with Crippen LogP contribution in [0.3, 0.4) is 0 Å². The molecule has 0 aliphatic carbocycles. The van der Waals surface area contributed by atoms with Crippen LogP contribution >= 0.6 is 0 Å². The van der Waals surface area contributed by atoms with Crippen molar-refractivity contribution >= 4 is 0 Å². The van der Waals surface area contributed by atoms with Crippen LogP contribution < -0.4 is 10.1 Å². The number of aliphatic hydroxyl groups is 2. The van der Waals surface area contributed by atoms with Crippen molar-refractivity contribution in [3.05, 3.63) is 29.8 Å². The van der Waals surface area contributed by atoms with Crippen molar-refractivity contribution in [2.75, 3.05) is 20.2 Å². The van der Waals surface area contributed by atoms with Gasteiger partial charge in [0, 0.05) is 13.1 Å². The number of methoxy groups -OCH3 is 1. The highest BCUT2D eigenvalue weighted by Gasteiger charge is 2.19. The molecule has 0 amide bonds. The van der Waals surface area contributed by atoms with E-state index in [4.69, 9.17) is 4.74 Å². The van der Waals surface area contributed by atoms with E-state index in [0.717, 1.165) is 24.2 Å². The molecule has 2 atom stereocenters. The van der Waals surface area contributed by atoms with Gasteiger partial charge in [-0.15, -0.1) is 0 Å². The molecule has 4 nitrogen and oxygen atoms in total. The van der Waals surface area contributed by atoms with Crippen molar-refractivity contribution < 1.29 is 14.9 Å². The van der Waals surface area contributed by atoms with Crippen LogP contribution in [0.5, 0.6) is 5.75 Å². The second kappa shape index (κ2) is 7.48. The number of nitrogens with one attached hydrogen (secondary N) is 1. The first kappa shape index (κ1) is 16.0. The zero-order valence-corrected chi connectivity index (χ0v) is 12.0. The molecule has 108 valence electrons. The Kier molecular flexibility index (Phi) is 6.28. The van der Waals surface area contributed by atoms with Crippen molar-refractivity contribution in [2.24, 2.45) is 0 Å². The summed E-state index contributed by atoms with van der Waals surface area (Å²) in [5.41, 5.74) is 0.0880. The molecule has 1 aromatic rings. The normalized spacial score (nSPS) is 15.8. The van der Waals surface area contributed by atoms with Crippen molar-refractivity contribution in [3.8, 4) is 5.75 Å². The smallest absolute Gasteiger partial charge is 0.119 e. The second-order valence-corrected chi connectivity index (χ2v) is 5.17. The van der Waals surface area contributed by atoms with E-state index in [9.17, 15) is 10.2 Å². The van der Waals surface area contributed by atoms with E-state index in [0.29, 0.717) is 13.1 Å². The highest BCUT2D eigenvalue weighted by Crippen LogP contribution is 2.18. The van der Waals surface area contributed by atoms with E-state index in [1.807, 2.05) is 31.2 Å². The number of rotatable bonds is 8. The Labute approximate surface area is 115 Å². The van der Waals surface area contributed by atoms with Gasteiger partial charge in [-0.3, -0.25) is 0 Å². The van der Waals surface area contributed by atoms with Gasteiger partial charge in [0.05, 0.1) is 18.8 Å². The third kappa shape index (κ3) is 5.59. The topological polar surface area (TPSA) is 61.7 Å². The molecule has 0 bridgehead atoms. The van der Waals surface area contributed by atoms with Gasteiger partial charge in [-0.25, -0.2) is 0 Å². The van der Waals surface area contributed by atoms with Crippen LogP contribution in [0.4, 0.5) is 0 Å². The van der Waals surface area contributed by atoms with Gasteiger partial charge in [0.2, 0.25) is 0 Å². The van der Waals surface area contributed by atoms with Crippen molar-refractivity contribution in [3.63, 3.8) is 0 Å². The summed E-state index contributed by atoms with van der Waals surface area (Å²) in [6.45, 7) is 4.73. The molecule has 0 heterocycles. The highest BCUT2D eigenvalue weighted by atomic mass is 16.5. The summed E-state index contributed by atoms with van der Waals surface area (Å²) in [6.07, 6.45) is 1.08. The van der Waals surface area contributed by atoms with Crippen LogP contribution in [0, 0.1) is 0 Å². The molecule has 0 saturated carbocycles. The molecule has 0 aliphatic heterocycles. The molecule has 3 N–H and O–H groups in total. The Bertz CT molecular complexity index is 379. The van der Waals surface area contributed by atoms with Gasteiger partial charge in [0.25, 0.3) is 0 Å². The fraction of sp³-hybridized carbons (Fsp3) is 0.600. The monoisotopic (exact) mass is 267 g/mol. The van der Waals surface area contributed by atoms with Gasteiger partial charge in [-0.2, -0.15) is 0 Å². The Morgan fingerprint density at radius 2 is 2.16 bits per heavy atom. The summed E-state index contributed by atoms with van der Waals surface area (Å²) in [5, 5.41) is 23.2. The van der Waals surface area contributed by atoms with E-state index in [2.05, 4.69) is 5.32 Å². The fourth-order valence-electron chi connectivity index (χ4n) is 2.07. The van der Waals surface area contributed by atoms with E-state index >= 15 is 0 Å². The standard InChI is InChI=1S/C15H25NO3/c1-4-8-15(2,18)11-16-10-14(17)12-6-5-7-13(9-12)19-3/h5-7,9,14,16-18H,4,8,10-11H2,1-3H3. The number of hydrogen-bond acceptors (Lipinski definition) is 4. The Hall–Kier alpha value is -1.10. The number of hydrogen-bond donors (Lipinski definition) is 3. The van der Waals surface area contributed by atoms with Crippen LogP contribution in [0.1, 0.15) is 38.4 Å². The molecular formula is C15H25NO3. The van der Waals surface area contributed by atoms with Gasteiger partial charge in [0.1, 0.15) is 5.75 Å². The summed E-state index contributed by atoms with van der Waals surface area (Å²) in [7, 11) is 1.60. The van der Waals surface area contributed by atoms with Gasteiger partial charge in [-0.05, 0) is 31.0 Å². The van der Waals surface area contributed by atoms with Crippen molar-refractivity contribution in [1.82, 2.24) is 5.32 Å². The van der Waals surface area contributed by atoms with Crippen LogP contribution in [0.15, 0.2) is 24.3 Å². The molecule has 1 aromatic carbocycles. The summed E-state index contributed by atoms with van der Waals surface area (Å²) in [4.78, 5) is 0. The molecule has 19 heavy (non-hydrogen) atoms. The number of aliphatic hydroxyl groups excluding tert-OH is 1. The van der Waals surface area contributed by atoms with Gasteiger partial charge in [0.15, 0.2) is 0 Å². The fourth-order valence-corrected chi connectivity index (χ4v) is 2.07. The van der Waals surface area contributed by atoms with E-state index in [1.165, 1.54) is 0 Å². The lowest BCUT2D eigenvalue weighted by Crippen LogP contribution is -2.39. The first-order chi connectivity index (χ1) is 8.98. The maximum absolute atomic E-state index is 10.1. The molecule has 2 unspecified atom stereocenters. The average molecular weight is 267 g/mol. The zero-order chi connectivity index (χ0) is 14.3. The molecular weight excluding hydrogens is 242 g/mol. The molecule has 0 saturated heterocycles. The average Bonchev–Trinajstić information content (AvgIpc) is 2.38. The maximum Gasteiger partial charge on any atom is 0.119 e. The van der Waals surface area contributed by atoms with Crippen LogP contribution in [0.2, 0.25) is 0 Å². The first-order valence-corrected chi connectivity index (χ1v) is 6.73. The van der Waals surface area contributed by atoms with Gasteiger partial charge in [-0.1, -0.05) is 25.5 Å². The Morgan fingerprint density at radius 1 is 1.42 bits per heavy atom. The SMILES string of the molecule is CCCC(C)(O)CNCC(O)c1cccc(OC)c1. The number of ether oxygens (including phenoxy) is 1. The second-order valence-electron chi connectivity index (χ2n) is 5.17. The summed E-state index contributed by atoms with van der Waals surface area (Å²) >= 11 is 0. The highest BCUT2D eigenvalue weighted by molar-refractivity contribution is 5.29. The maximum atomic E-state index is 10.1. The summed E-state index contributed by atoms with van der Waals surface area (Å²) in [6, 6.07) is 7.37. The molecule has 1 rings (SSSR count). The lowest BCUT2D eigenvalue weighted by Gasteiger charge is -2.24. The third-order valence-electron chi connectivity index (χ3n) is 3.11. The largest absolute Gasteiger partial charge is 0.497 e. The third-order valence-corrected chi connectivity index (χ3v) is 3.11. The van der Waals surface area contributed by atoms with Crippen LogP contribution in [-0.4, -0.2) is 36.0 Å². The molecule has 0 radical (unpaired) electrons. The first-order valence-electron chi connectivity index (χ1n) is 6.73. The predicted octanol–water partition coefficient (Wildman–Crippen LogP) is 1.87. The van der Waals surface area contributed by atoms with E-state index in [1.54, 1.807) is 14.0 Å². The lowest BCUT2D eigenvalue weighted by atomic mass is 10.0. The zero-order valence-electron chi connectivity index (χ0n) is 12.0. The van der Waals surface area contributed by atoms with Crippen LogP contribution in [-0.2, 0) is 0 Å². The quantitative estimate of drug-likeness (QED) is 0.673. The molecule has 0 spiro atoms. The van der Waals surface area contributed by atoms with Crippen molar-refractivity contribution in [2.45, 2.75) is 38.4 Å². The van der Waals surface area contributed by atoms with Crippen molar-refractivity contribution in [1.29, 1.82) is 0 Å². The van der Waals surface area contributed by atoms with Gasteiger partial charge >= 0.3 is 0 Å². The number of benzene rings is 1. The molecule has 4 heteroatoms. The Balaban J connectivity index is 2.44. The minimum absolute atomic E-state index is 0.410. The molecule has 0 fully saturated rings. The lowest BCUT2D eigenvalue weighted by molar-refractivity contribution is 0.0461. The van der Waals surface area contributed by atoms with E-state index < -0.39 is 11.7 Å².